The van der Waals surface area contributed by atoms with Crippen molar-refractivity contribution >= 4 is 11.9 Å². The summed E-state index contributed by atoms with van der Waals surface area (Å²) >= 11 is 0. The van der Waals surface area contributed by atoms with E-state index in [4.69, 9.17) is 15.2 Å². The number of carboxylic acid groups (broad SMARTS) is 1. The van der Waals surface area contributed by atoms with Gasteiger partial charge in [0.05, 0.1) is 0 Å². The molecule has 0 heterocycles. The molecular weight excluding hydrogens is 303 g/mol. The Labute approximate surface area is 107 Å². The first kappa shape index (κ1) is 48.2. The molecule has 82 valence electrons. The molecule has 0 aliphatic carbocycles. The Morgan fingerprint density at radius 2 is 1.21 bits per heavy atom. The van der Waals surface area contributed by atoms with Gasteiger partial charge < -0.3 is 33.0 Å². The molecule has 0 saturated heterocycles. The third-order valence-corrected chi connectivity index (χ3v) is 0.117. The van der Waals surface area contributed by atoms with Crippen LogP contribution in [0.1, 0.15) is 13.8 Å². The van der Waals surface area contributed by atoms with Crippen molar-refractivity contribution in [2.45, 2.75) is 13.8 Å². The van der Waals surface area contributed by atoms with Crippen LogP contribution in [0, 0.1) is 0 Å². The molecule has 0 aliphatic rings. The summed E-state index contributed by atoms with van der Waals surface area (Å²) in [5, 5.41) is 16.2. The average molecular weight is 319 g/mol. The van der Waals surface area contributed by atoms with E-state index in [9.17, 15) is 4.79 Å². The van der Waals surface area contributed by atoms with Crippen molar-refractivity contribution in [3.63, 3.8) is 0 Å². The van der Waals surface area contributed by atoms with Gasteiger partial charge in [-0.25, -0.2) is 0 Å². The van der Waals surface area contributed by atoms with Crippen LogP contribution < -0.4 is 17.6 Å². The molecule has 10 heteroatoms. The first-order valence-corrected chi connectivity index (χ1v) is 2.00. The summed E-state index contributed by atoms with van der Waals surface area (Å²) in [6, 6.07) is 0. The Morgan fingerprint density at radius 3 is 1.21 bits per heavy atom. The summed E-state index contributed by atoms with van der Waals surface area (Å²) in [5.74, 6) is -1.63. The summed E-state index contributed by atoms with van der Waals surface area (Å²) in [6.45, 7) is 2.13. The second-order valence-electron chi connectivity index (χ2n) is 1.09. The summed E-state index contributed by atoms with van der Waals surface area (Å²) < 4.78 is 0. The number of quaternary nitrogens is 2. The van der Waals surface area contributed by atoms with Crippen molar-refractivity contribution in [3.8, 4) is 0 Å². The fourth-order valence-corrected chi connectivity index (χ4v) is 0. The molecule has 8 nitrogen and oxygen atoms in total. The molecule has 0 saturated carbocycles. The largest absolute Gasteiger partial charge is 0.870 e. The van der Waals surface area contributed by atoms with E-state index < -0.39 is 11.9 Å². The van der Waals surface area contributed by atoms with Crippen LogP contribution in [0.4, 0.5) is 0 Å². The molecule has 0 unspecified atom stereocenters. The molecule has 10 N–H and O–H groups in total. The van der Waals surface area contributed by atoms with Crippen LogP contribution in [-0.2, 0) is 53.4 Å². The fraction of sp³-hybridized carbons (Fsp3) is 0.500. The molecule has 0 rings (SSSR count). The summed E-state index contributed by atoms with van der Waals surface area (Å²) in [4.78, 5) is 21.1. The number of carbonyl (C=O) groups is 2. The number of carboxylic acids is 1. The second kappa shape index (κ2) is 38.2. The number of aliphatic carboxylic acids is 1. The molecule has 0 atom stereocenters. The van der Waals surface area contributed by atoms with Crippen molar-refractivity contribution in [2.75, 3.05) is 0 Å². The van der Waals surface area contributed by atoms with Gasteiger partial charge in [0.25, 0.3) is 11.9 Å². The third kappa shape index (κ3) is 356. The van der Waals surface area contributed by atoms with Gasteiger partial charge in [0.1, 0.15) is 0 Å². The Hall–Kier alpha value is 0.0268. The first-order chi connectivity index (χ1) is 4.00. The van der Waals surface area contributed by atoms with E-state index in [0.717, 1.165) is 13.8 Å². The van der Waals surface area contributed by atoms with Crippen molar-refractivity contribution in [1.29, 1.82) is 0 Å². The minimum absolute atomic E-state index is 0. The molecule has 0 amide bonds. The summed E-state index contributed by atoms with van der Waals surface area (Å²) in [5.41, 5.74) is 0. The van der Waals surface area contributed by atoms with E-state index in [1.54, 1.807) is 0 Å². The van der Waals surface area contributed by atoms with Crippen LogP contribution in [0.2, 0.25) is 0 Å². The van der Waals surface area contributed by atoms with Crippen LogP contribution in [0.5, 0.6) is 0 Å². The first-order valence-electron chi connectivity index (χ1n) is 2.00. The topological polar surface area (TPSA) is 190 Å². The predicted octanol–water partition coefficient (Wildman–Crippen LogP) is -0.514. The SMILES string of the molecule is CC(=O)O.CC(=O)O[O-].[NH4+].[NH4+].[OH-].[Zn].[Zn]. The van der Waals surface area contributed by atoms with Gasteiger partial charge in [-0.15, -0.1) is 0 Å². The van der Waals surface area contributed by atoms with Crippen LogP contribution in [-0.4, -0.2) is 22.5 Å². The maximum atomic E-state index is 9.28. The van der Waals surface area contributed by atoms with Crippen molar-refractivity contribution in [2.24, 2.45) is 0 Å². The molecule has 0 bridgehead atoms. The molecule has 14 heavy (non-hydrogen) atoms. The van der Waals surface area contributed by atoms with Crippen molar-refractivity contribution < 1.29 is 69.3 Å². The van der Waals surface area contributed by atoms with E-state index in [2.05, 4.69) is 4.89 Å². The van der Waals surface area contributed by atoms with Crippen molar-refractivity contribution in [1.82, 2.24) is 12.3 Å². The quantitative estimate of drug-likeness (QED) is 0.306. The fourth-order valence-electron chi connectivity index (χ4n) is 0. The van der Waals surface area contributed by atoms with E-state index in [0.29, 0.717) is 0 Å². The second-order valence-corrected chi connectivity index (χ2v) is 1.09. The van der Waals surface area contributed by atoms with Gasteiger partial charge in [-0.3, -0.25) is 9.59 Å². The Balaban J connectivity index is -0.0000000104. The van der Waals surface area contributed by atoms with E-state index in [1.165, 1.54) is 0 Å². The Bertz CT molecular complexity index is 110. The zero-order valence-corrected chi connectivity index (χ0v) is 14.9. The number of rotatable bonds is 0. The summed E-state index contributed by atoms with van der Waals surface area (Å²) in [7, 11) is 0. The maximum Gasteiger partial charge on any atom is 0.300 e. The monoisotopic (exact) mass is 316 g/mol. The van der Waals surface area contributed by atoms with Gasteiger partial charge in [-0.05, 0) is 0 Å². The van der Waals surface area contributed by atoms with E-state index >= 15 is 0 Å². The van der Waals surface area contributed by atoms with Gasteiger partial charge in [0.2, 0.25) is 0 Å². The third-order valence-electron chi connectivity index (χ3n) is 0.117. The van der Waals surface area contributed by atoms with Gasteiger partial charge >= 0.3 is 0 Å². The van der Waals surface area contributed by atoms with Gasteiger partial charge in [-0.1, -0.05) is 0 Å². The Kier molecular flexibility index (Phi) is 131. The van der Waals surface area contributed by atoms with Gasteiger partial charge in [0.15, 0.2) is 0 Å². The predicted molar refractivity (Wildman–Crippen MR) is 39.0 cm³/mol. The van der Waals surface area contributed by atoms with Crippen molar-refractivity contribution in [3.05, 3.63) is 0 Å². The van der Waals surface area contributed by atoms with Crippen LogP contribution in [0.25, 0.3) is 0 Å². The van der Waals surface area contributed by atoms with Gasteiger partial charge in [0, 0.05) is 52.8 Å². The minimum Gasteiger partial charge on any atom is -0.870 e. The Morgan fingerprint density at radius 1 is 1.14 bits per heavy atom. The van der Waals surface area contributed by atoms with Crippen LogP contribution in [0.3, 0.4) is 0 Å². The molecule has 0 radical (unpaired) electrons. The van der Waals surface area contributed by atoms with Crippen LogP contribution >= 0.6 is 0 Å². The molecule has 0 aromatic carbocycles. The number of hydrogen-bond donors (Lipinski definition) is 3. The number of carbonyl (C=O) groups excluding carboxylic acids is 1. The zero-order chi connectivity index (χ0) is 7.86. The zero-order valence-electron chi connectivity index (χ0n) is 8.94. The number of hydrogen-bond acceptors (Lipinski definition) is 5. The molecular formula is C4H16N2O6Zn2. The van der Waals surface area contributed by atoms with Crippen LogP contribution in [0.15, 0.2) is 0 Å². The molecule has 0 aromatic rings. The minimum atomic E-state index is -0.833. The van der Waals surface area contributed by atoms with Gasteiger partial charge in [-0.2, -0.15) is 0 Å². The van der Waals surface area contributed by atoms with E-state index in [1.807, 2.05) is 0 Å². The molecule has 0 aliphatic heterocycles. The average Bonchev–Trinajstić information content (AvgIpc) is 1.65. The normalized spacial score (nSPS) is 4.21. The smallest absolute Gasteiger partial charge is 0.300 e. The summed E-state index contributed by atoms with van der Waals surface area (Å²) in [6.07, 6.45) is 0. The van der Waals surface area contributed by atoms with E-state index in [-0.39, 0.29) is 56.7 Å². The molecule has 0 aromatic heterocycles. The molecule has 0 fully saturated rings. The maximum absolute atomic E-state index is 9.28. The standard InChI is InChI=1S/C2H4O3.C2H4O2.2H3N.H2O.2Zn/c1-2(3)5-4;1-2(3)4;;;;;/h4H,1H3;1H3,(H,3,4);2*1H3;1H2;;. The molecule has 0 spiro atoms.